The molecule has 110 valence electrons. The number of pyridine rings is 1. The van der Waals surface area contributed by atoms with Gasteiger partial charge in [-0.05, 0) is 35.5 Å². The topological polar surface area (TPSA) is 50.3 Å². The van der Waals surface area contributed by atoms with Gasteiger partial charge in [0.2, 0.25) is 0 Å². The lowest BCUT2D eigenvalue weighted by atomic mass is 10.2. The molecule has 4 nitrogen and oxygen atoms in total. The molecule has 1 saturated heterocycles. The SMILES string of the molecule is O=C1S/C(=C\c2cccnc2)C(=O)N1Cc1ccccc1F. The Morgan fingerprint density at radius 1 is 1.18 bits per heavy atom. The van der Waals surface area contributed by atoms with Crippen LogP contribution in [0.1, 0.15) is 11.1 Å². The molecule has 1 aliphatic heterocycles. The number of carbonyl (C=O) groups is 2. The fraction of sp³-hybridized carbons (Fsp3) is 0.0625. The van der Waals surface area contributed by atoms with E-state index < -0.39 is 17.0 Å². The smallest absolute Gasteiger partial charge is 0.268 e. The van der Waals surface area contributed by atoms with Gasteiger partial charge >= 0.3 is 0 Å². The van der Waals surface area contributed by atoms with Gasteiger partial charge in [0.1, 0.15) is 5.82 Å². The van der Waals surface area contributed by atoms with Crippen molar-refractivity contribution in [1.82, 2.24) is 9.88 Å². The minimum atomic E-state index is -0.433. The fourth-order valence-corrected chi connectivity index (χ4v) is 2.88. The van der Waals surface area contributed by atoms with E-state index in [4.69, 9.17) is 0 Å². The minimum absolute atomic E-state index is 0.0677. The predicted octanol–water partition coefficient (Wildman–Crippen LogP) is 3.46. The summed E-state index contributed by atoms with van der Waals surface area (Å²) in [7, 11) is 0. The molecule has 2 heterocycles. The van der Waals surface area contributed by atoms with E-state index in [0.717, 1.165) is 22.2 Å². The molecule has 0 unspecified atom stereocenters. The summed E-state index contributed by atoms with van der Waals surface area (Å²) in [4.78, 5) is 29.6. The number of hydrogen-bond acceptors (Lipinski definition) is 4. The summed E-state index contributed by atoms with van der Waals surface area (Å²) in [5.41, 5.74) is 1.05. The number of halogens is 1. The van der Waals surface area contributed by atoms with E-state index in [0.29, 0.717) is 10.5 Å². The van der Waals surface area contributed by atoms with Crippen LogP contribution in [0, 0.1) is 5.82 Å². The van der Waals surface area contributed by atoms with Crippen molar-refractivity contribution in [1.29, 1.82) is 0 Å². The van der Waals surface area contributed by atoms with Crippen molar-refractivity contribution in [2.75, 3.05) is 0 Å². The molecule has 0 N–H and O–H groups in total. The van der Waals surface area contributed by atoms with E-state index >= 15 is 0 Å². The Hall–Kier alpha value is -2.47. The molecule has 0 saturated carbocycles. The average Bonchev–Trinajstić information content (AvgIpc) is 2.78. The number of aromatic nitrogens is 1. The quantitative estimate of drug-likeness (QED) is 0.814. The largest absolute Gasteiger partial charge is 0.293 e. The molecule has 22 heavy (non-hydrogen) atoms. The lowest BCUT2D eigenvalue weighted by Crippen LogP contribution is -2.27. The standard InChI is InChI=1S/C16H11FN2O2S/c17-13-6-2-1-5-12(13)10-19-15(20)14(22-16(19)21)8-11-4-3-7-18-9-11/h1-9H,10H2/b14-8-. The van der Waals surface area contributed by atoms with Crippen LogP contribution in [0.4, 0.5) is 9.18 Å². The van der Waals surface area contributed by atoms with E-state index in [1.165, 1.54) is 6.07 Å². The highest BCUT2D eigenvalue weighted by Gasteiger charge is 2.35. The Morgan fingerprint density at radius 3 is 2.73 bits per heavy atom. The van der Waals surface area contributed by atoms with Gasteiger partial charge in [0.15, 0.2) is 0 Å². The Morgan fingerprint density at radius 2 is 2.00 bits per heavy atom. The molecule has 1 fully saturated rings. The van der Waals surface area contributed by atoms with E-state index in [-0.39, 0.29) is 6.54 Å². The summed E-state index contributed by atoms with van der Waals surface area (Å²) >= 11 is 0.850. The van der Waals surface area contributed by atoms with E-state index in [2.05, 4.69) is 4.98 Å². The monoisotopic (exact) mass is 314 g/mol. The molecule has 0 spiro atoms. The maximum absolute atomic E-state index is 13.7. The minimum Gasteiger partial charge on any atom is -0.268 e. The maximum Gasteiger partial charge on any atom is 0.293 e. The van der Waals surface area contributed by atoms with Crippen molar-refractivity contribution >= 4 is 29.0 Å². The van der Waals surface area contributed by atoms with Crippen molar-refractivity contribution in [2.24, 2.45) is 0 Å². The second kappa shape index (κ2) is 6.11. The second-order valence-electron chi connectivity index (χ2n) is 4.65. The van der Waals surface area contributed by atoms with E-state index in [1.54, 1.807) is 48.8 Å². The fourth-order valence-electron chi connectivity index (χ4n) is 2.05. The molecule has 6 heteroatoms. The number of amides is 2. The predicted molar refractivity (Wildman–Crippen MR) is 82.2 cm³/mol. The van der Waals surface area contributed by atoms with Crippen molar-refractivity contribution in [3.05, 3.63) is 70.6 Å². The van der Waals surface area contributed by atoms with E-state index in [9.17, 15) is 14.0 Å². The molecule has 0 radical (unpaired) electrons. The number of rotatable bonds is 3. The summed E-state index contributed by atoms with van der Waals surface area (Å²) < 4.78 is 13.7. The highest BCUT2D eigenvalue weighted by atomic mass is 32.2. The number of benzene rings is 1. The molecule has 3 rings (SSSR count). The van der Waals surface area contributed by atoms with Gasteiger partial charge in [-0.1, -0.05) is 24.3 Å². The molecular weight excluding hydrogens is 303 g/mol. The molecule has 1 aliphatic rings. The summed E-state index contributed by atoms with van der Waals surface area (Å²) in [5.74, 6) is -0.847. The lowest BCUT2D eigenvalue weighted by molar-refractivity contribution is -0.123. The number of carbonyl (C=O) groups excluding carboxylic acids is 2. The molecule has 2 aromatic rings. The third-order valence-electron chi connectivity index (χ3n) is 3.14. The highest BCUT2D eigenvalue weighted by Crippen LogP contribution is 2.33. The lowest BCUT2D eigenvalue weighted by Gasteiger charge is -2.12. The van der Waals surface area contributed by atoms with Gasteiger partial charge in [-0.15, -0.1) is 0 Å². The van der Waals surface area contributed by atoms with Crippen LogP contribution in [0.2, 0.25) is 0 Å². The van der Waals surface area contributed by atoms with Crippen LogP contribution in [0.5, 0.6) is 0 Å². The van der Waals surface area contributed by atoms with Crippen LogP contribution in [0.3, 0.4) is 0 Å². The van der Waals surface area contributed by atoms with Crippen LogP contribution in [0.25, 0.3) is 6.08 Å². The number of nitrogens with zero attached hydrogens (tertiary/aromatic N) is 2. The summed E-state index contributed by atoms with van der Waals surface area (Å²) in [6.45, 7) is -0.0677. The number of thioether (sulfide) groups is 1. The van der Waals surface area contributed by atoms with Crippen LogP contribution in [-0.2, 0) is 11.3 Å². The maximum atomic E-state index is 13.7. The van der Waals surface area contributed by atoms with Crippen molar-refractivity contribution < 1.29 is 14.0 Å². The van der Waals surface area contributed by atoms with Gasteiger partial charge in [0.05, 0.1) is 11.4 Å². The Bertz CT molecular complexity index is 762. The molecule has 0 aliphatic carbocycles. The van der Waals surface area contributed by atoms with E-state index in [1.807, 2.05) is 0 Å². The molecule has 1 aromatic carbocycles. The van der Waals surface area contributed by atoms with Gasteiger partial charge in [-0.2, -0.15) is 0 Å². The second-order valence-corrected chi connectivity index (χ2v) is 5.64. The van der Waals surface area contributed by atoms with Gasteiger partial charge in [0.25, 0.3) is 11.1 Å². The summed E-state index contributed by atoms with van der Waals surface area (Å²) in [6.07, 6.45) is 4.84. The zero-order chi connectivity index (χ0) is 15.5. The van der Waals surface area contributed by atoms with Crippen LogP contribution >= 0.6 is 11.8 Å². The first-order chi connectivity index (χ1) is 10.6. The molecular formula is C16H11FN2O2S. The van der Waals surface area contributed by atoms with Crippen LogP contribution in [0.15, 0.2) is 53.7 Å². The van der Waals surface area contributed by atoms with Crippen molar-refractivity contribution in [3.63, 3.8) is 0 Å². The number of hydrogen-bond donors (Lipinski definition) is 0. The summed E-state index contributed by atoms with van der Waals surface area (Å²) in [5, 5.41) is -0.400. The van der Waals surface area contributed by atoms with Crippen molar-refractivity contribution in [2.45, 2.75) is 6.54 Å². The first-order valence-electron chi connectivity index (χ1n) is 6.54. The molecule has 0 bridgehead atoms. The number of imide groups is 1. The average molecular weight is 314 g/mol. The van der Waals surface area contributed by atoms with Crippen LogP contribution in [-0.4, -0.2) is 21.0 Å². The molecule has 0 atom stereocenters. The molecule has 1 aromatic heterocycles. The van der Waals surface area contributed by atoms with Crippen molar-refractivity contribution in [3.8, 4) is 0 Å². The summed E-state index contributed by atoms with van der Waals surface area (Å²) in [6, 6.07) is 9.63. The third-order valence-corrected chi connectivity index (χ3v) is 4.05. The van der Waals surface area contributed by atoms with Gasteiger partial charge in [-0.3, -0.25) is 19.5 Å². The molecule has 2 amide bonds. The Kier molecular flexibility index (Phi) is 4.02. The normalized spacial score (nSPS) is 16.6. The Labute approximate surface area is 130 Å². The third kappa shape index (κ3) is 2.92. The first-order valence-corrected chi connectivity index (χ1v) is 7.35. The zero-order valence-corrected chi connectivity index (χ0v) is 12.2. The van der Waals surface area contributed by atoms with Gasteiger partial charge in [-0.25, -0.2) is 4.39 Å². The Balaban J connectivity index is 1.83. The van der Waals surface area contributed by atoms with Gasteiger partial charge in [0, 0.05) is 18.0 Å². The first kappa shape index (κ1) is 14.5. The van der Waals surface area contributed by atoms with Crippen LogP contribution < -0.4 is 0 Å². The van der Waals surface area contributed by atoms with Gasteiger partial charge < -0.3 is 0 Å². The zero-order valence-electron chi connectivity index (χ0n) is 11.4. The highest BCUT2D eigenvalue weighted by molar-refractivity contribution is 8.18.